The molecule has 0 saturated heterocycles. The number of amides is 1. The second-order valence-corrected chi connectivity index (χ2v) is 11.9. The molecule has 0 heterocycles. The van der Waals surface area contributed by atoms with Crippen molar-refractivity contribution in [1.29, 1.82) is 0 Å². The van der Waals surface area contributed by atoms with Crippen LogP contribution in [0.25, 0.3) is 5.70 Å². The Morgan fingerprint density at radius 1 is 0.615 bits per heavy atom. The van der Waals surface area contributed by atoms with Crippen LogP contribution >= 0.6 is 0 Å². The van der Waals surface area contributed by atoms with E-state index < -0.39 is 12.5 Å². The molecular formula is C41H44N4O7. The van der Waals surface area contributed by atoms with Gasteiger partial charge in [0.15, 0.2) is 11.6 Å². The van der Waals surface area contributed by atoms with Crippen LogP contribution in [0.4, 0.5) is 0 Å². The molecule has 52 heavy (non-hydrogen) atoms. The van der Waals surface area contributed by atoms with Crippen molar-refractivity contribution in [2.24, 2.45) is 10.1 Å². The van der Waals surface area contributed by atoms with E-state index in [1.807, 2.05) is 48.5 Å². The second-order valence-electron chi connectivity index (χ2n) is 11.9. The minimum Gasteiger partial charge on any atom is -0.494 e. The van der Waals surface area contributed by atoms with E-state index in [9.17, 15) is 14.4 Å². The maximum atomic E-state index is 12.3. The first-order valence-electron chi connectivity index (χ1n) is 17.1. The van der Waals surface area contributed by atoms with Gasteiger partial charge in [0.2, 0.25) is 0 Å². The average molecular weight is 705 g/mol. The van der Waals surface area contributed by atoms with E-state index >= 15 is 0 Å². The zero-order valence-electron chi connectivity index (χ0n) is 29.0. The molecule has 0 aromatic heterocycles. The molecular weight excluding hydrogens is 660 g/mol. The number of hydrogen-bond donors (Lipinski definition) is 4. The van der Waals surface area contributed by atoms with Crippen LogP contribution in [0.2, 0.25) is 0 Å². The number of rotatable bonds is 22. The van der Waals surface area contributed by atoms with E-state index in [0.29, 0.717) is 30.0 Å². The van der Waals surface area contributed by atoms with Crippen molar-refractivity contribution < 1.29 is 34.2 Å². The molecule has 0 saturated carbocycles. The van der Waals surface area contributed by atoms with E-state index in [1.165, 1.54) is 24.3 Å². The number of ketones is 2. The summed E-state index contributed by atoms with van der Waals surface area (Å²) in [5.74, 6) is 0.466. The van der Waals surface area contributed by atoms with Crippen LogP contribution in [0.15, 0.2) is 114 Å². The number of hydroxylamine groups is 1. The lowest BCUT2D eigenvalue weighted by Crippen LogP contribution is -2.18. The van der Waals surface area contributed by atoms with Crippen molar-refractivity contribution in [3.8, 4) is 11.5 Å². The number of aliphatic hydroxyl groups excluding tert-OH is 1. The molecule has 0 atom stereocenters. The normalized spacial score (nSPS) is 11.0. The second kappa shape index (κ2) is 21.3. The van der Waals surface area contributed by atoms with Gasteiger partial charge in [-0.15, -0.1) is 0 Å². The molecule has 270 valence electrons. The number of Topliss-reactive ketones (excluding diaryl/α,β-unsaturated/α-hetero) is 2. The Hall–Kier alpha value is -5.91. The highest BCUT2D eigenvalue weighted by molar-refractivity contribution is 6.00. The van der Waals surface area contributed by atoms with Crippen LogP contribution < -0.4 is 20.4 Å². The summed E-state index contributed by atoms with van der Waals surface area (Å²) in [6.45, 7) is 4.75. The summed E-state index contributed by atoms with van der Waals surface area (Å²) in [5, 5.41) is 21.9. The third kappa shape index (κ3) is 13.1. The van der Waals surface area contributed by atoms with Crippen molar-refractivity contribution >= 4 is 35.6 Å². The third-order valence-corrected chi connectivity index (χ3v) is 7.99. The number of hydrazone groups is 1. The first-order chi connectivity index (χ1) is 25.4. The molecule has 4 aromatic rings. The van der Waals surface area contributed by atoms with Crippen LogP contribution in [0.3, 0.4) is 0 Å². The van der Waals surface area contributed by atoms with Crippen LogP contribution in [0, 0.1) is 0 Å². The monoisotopic (exact) mass is 704 g/mol. The molecule has 0 unspecified atom stereocenters. The van der Waals surface area contributed by atoms with Crippen molar-refractivity contribution in [1.82, 2.24) is 10.9 Å². The maximum Gasteiger partial charge on any atom is 0.274 e. The number of carbonyl (C=O) groups excluding carboxylic acids is 3. The Labute approximate surface area is 303 Å². The highest BCUT2D eigenvalue weighted by Crippen LogP contribution is 2.16. The van der Waals surface area contributed by atoms with Gasteiger partial charge in [0.05, 0.1) is 25.1 Å². The highest BCUT2D eigenvalue weighted by atomic mass is 16.5. The van der Waals surface area contributed by atoms with Gasteiger partial charge in [-0.3, -0.25) is 30.0 Å². The van der Waals surface area contributed by atoms with E-state index in [2.05, 4.69) is 22.1 Å². The number of carbonyl (C=O) groups is 3. The van der Waals surface area contributed by atoms with Crippen LogP contribution in [-0.4, -0.2) is 66.6 Å². The van der Waals surface area contributed by atoms with E-state index in [1.54, 1.807) is 42.2 Å². The Kier molecular flexibility index (Phi) is 16.0. The van der Waals surface area contributed by atoms with Gasteiger partial charge in [-0.05, 0) is 90.2 Å². The highest BCUT2D eigenvalue weighted by Gasteiger charge is 2.08. The fraction of sp³-hybridized carbons (Fsp3) is 0.244. The van der Waals surface area contributed by atoms with Gasteiger partial charge < -0.3 is 14.6 Å². The summed E-state index contributed by atoms with van der Waals surface area (Å²) in [6, 6.07) is 28.1. The first kappa shape index (κ1) is 38.9. The quantitative estimate of drug-likeness (QED) is 0.0232. The number of nitrogens with zero attached hydrogens (tertiary/aromatic N) is 2. The third-order valence-electron chi connectivity index (χ3n) is 7.99. The molecule has 0 fully saturated rings. The number of benzene rings is 4. The SMILES string of the molecule is C=C(N/N=C/c1ccc(OCCCCCCCCOc2ccc(C=NCC(=O)c3ccc(C(=O)NO)cc3)cc2)cc1)c1ccc(C(=O)CO)cc1. The predicted molar refractivity (Wildman–Crippen MR) is 202 cm³/mol. The van der Waals surface area contributed by atoms with Crippen molar-refractivity contribution in [2.75, 3.05) is 26.4 Å². The lowest BCUT2D eigenvalue weighted by Gasteiger charge is -2.08. The molecule has 11 nitrogen and oxygen atoms in total. The van der Waals surface area contributed by atoms with Crippen molar-refractivity contribution in [3.63, 3.8) is 0 Å². The number of nitrogens with one attached hydrogen (secondary N) is 2. The molecule has 4 rings (SSSR count). The number of aliphatic imine (C=N–C) groups is 1. The van der Waals surface area contributed by atoms with Gasteiger partial charge >= 0.3 is 0 Å². The molecule has 11 heteroatoms. The summed E-state index contributed by atoms with van der Waals surface area (Å²) >= 11 is 0. The number of aliphatic hydroxyl groups is 1. The summed E-state index contributed by atoms with van der Waals surface area (Å²) in [7, 11) is 0. The Morgan fingerprint density at radius 2 is 1.08 bits per heavy atom. The van der Waals surface area contributed by atoms with Crippen molar-refractivity contribution in [2.45, 2.75) is 38.5 Å². The molecule has 4 N–H and O–H groups in total. The first-order valence-corrected chi connectivity index (χ1v) is 17.1. The molecule has 4 aromatic carbocycles. The smallest absolute Gasteiger partial charge is 0.274 e. The van der Waals surface area contributed by atoms with E-state index in [4.69, 9.17) is 19.8 Å². The van der Waals surface area contributed by atoms with Gasteiger partial charge in [-0.2, -0.15) is 5.10 Å². The molecule has 0 radical (unpaired) electrons. The molecule has 0 bridgehead atoms. The van der Waals surface area contributed by atoms with Gasteiger partial charge in [-0.25, -0.2) is 5.48 Å². The summed E-state index contributed by atoms with van der Waals surface area (Å²) < 4.78 is 11.8. The summed E-state index contributed by atoms with van der Waals surface area (Å²) in [5.41, 5.74) is 8.75. The van der Waals surface area contributed by atoms with Crippen LogP contribution in [-0.2, 0) is 0 Å². The van der Waals surface area contributed by atoms with Crippen LogP contribution in [0.1, 0.15) is 86.3 Å². The van der Waals surface area contributed by atoms with E-state index in [0.717, 1.165) is 66.7 Å². The average Bonchev–Trinajstić information content (AvgIpc) is 3.19. The minimum absolute atomic E-state index is 0.0169. The number of unbranched alkanes of at least 4 members (excludes halogenated alkanes) is 5. The summed E-state index contributed by atoms with van der Waals surface area (Å²) in [4.78, 5) is 39.5. The lowest BCUT2D eigenvalue weighted by molar-refractivity contribution is 0.0706. The van der Waals surface area contributed by atoms with Gasteiger partial charge in [0, 0.05) is 22.9 Å². The zero-order valence-corrected chi connectivity index (χ0v) is 29.0. The van der Waals surface area contributed by atoms with Gasteiger partial charge in [0.25, 0.3) is 5.91 Å². The largest absolute Gasteiger partial charge is 0.494 e. The van der Waals surface area contributed by atoms with E-state index in [-0.39, 0.29) is 23.7 Å². The maximum absolute atomic E-state index is 12.3. The molecule has 0 spiro atoms. The fourth-order valence-electron chi connectivity index (χ4n) is 4.99. The molecule has 0 aliphatic carbocycles. The lowest BCUT2D eigenvalue weighted by atomic mass is 10.1. The topological polar surface area (TPSA) is 159 Å². The zero-order chi connectivity index (χ0) is 37.0. The predicted octanol–water partition coefficient (Wildman–Crippen LogP) is 6.68. The molecule has 0 aliphatic heterocycles. The van der Waals surface area contributed by atoms with Crippen molar-refractivity contribution in [3.05, 3.63) is 137 Å². The Morgan fingerprint density at radius 3 is 1.60 bits per heavy atom. The number of ether oxygens (including phenoxy) is 2. The van der Waals surface area contributed by atoms with Gasteiger partial charge in [0.1, 0.15) is 24.7 Å². The standard InChI is InChI=1S/C41H44N4O7/c1-30(33-12-14-35(15-13-33)40(48)29-46)44-43-27-32-10-22-38(23-11-32)52-25-7-5-3-2-4-6-24-51-37-20-8-31(9-21-37)26-42-28-39(47)34-16-18-36(19-17-34)41(49)45-50/h8-23,26-27,44,46,50H,1-7,24-25,28-29H2,(H,45,49)/b42-26?,43-27+. The fourth-order valence-corrected chi connectivity index (χ4v) is 4.99. The number of hydrogen-bond acceptors (Lipinski definition) is 10. The Balaban J connectivity index is 1.01. The minimum atomic E-state index is -0.636. The Bertz CT molecular complexity index is 1670. The summed E-state index contributed by atoms with van der Waals surface area (Å²) in [6.07, 6.45) is 9.79. The van der Waals surface area contributed by atoms with Crippen LogP contribution in [0.5, 0.6) is 11.5 Å². The van der Waals surface area contributed by atoms with Gasteiger partial charge in [-0.1, -0.05) is 68.7 Å². The molecule has 1 amide bonds. The molecule has 0 aliphatic rings.